The molecule has 0 spiro atoms. The third kappa shape index (κ3) is 3.62. The number of carbonyl (C=O) groups excluding carboxylic acids is 2. The van der Waals surface area contributed by atoms with Crippen LogP contribution in [0.4, 0.5) is 5.69 Å². The molecule has 6 heteroatoms. The molecule has 30 heavy (non-hydrogen) atoms. The molecular weight excluding hydrogens is 380 g/mol. The summed E-state index contributed by atoms with van der Waals surface area (Å²) in [4.78, 5) is 28.1. The number of ether oxygens (including phenoxy) is 2. The van der Waals surface area contributed by atoms with Crippen LogP contribution in [-0.2, 0) is 9.59 Å². The molecule has 0 saturated heterocycles. The molecule has 2 aliphatic heterocycles. The summed E-state index contributed by atoms with van der Waals surface area (Å²) in [5, 5.41) is 3.04. The molecule has 2 aromatic carbocycles. The van der Waals surface area contributed by atoms with Crippen LogP contribution in [0.3, 0.4) is 0 Å². The van der Waals surface area contributed by atoms with E-state index in [4.69, 9.17) is 9.47 Å². The minimum atomic E-state index is -0.761. The fourth-order valence-electron chi connectivity index (χ4n) is 4.15. The Labute approximate surface area is 177 Å². The van der Waals surface area contributed by atoms with Crippen LogP contribution in [0.1, 0.15) is 45.1 Å². The average molecular weight is 408 g/mol. The normalized spacial score (nSPS) is 22.0. The SMILES string of the molecule is CCC(CC)NC(=O)C1CN(C(=O)C2Oc3ccccc3C2C)c2ccccc2O1. The Morgan fingerprint density at radius 3 is 2.40 bits per heavy atom. The minimum Gasteiger partial charge on any atom is -0.480 e. The van der Waals surface area contributed by atoms with Gasteiger partial charge in [-0.05, 0) is 31.0 Å². The van der Waals surface area contributed by atoms with Gasteiger partial charge < -0.3 is 19.7 Å². The van der Waals surface area contributed by atoms with Crippen molar-refractivity contribution in [2.45, 2.75) is 57.8 Å². The van der Waals surface area contributed by atoms with Crippen LogP contribution in [0.25, 0.3) is 0 Å². The average Bonchev–Trinajstić information content (AvgIpc) is 3.12. The zero-order chi connectivity index (χ0) is 21.3. The molecule has 6 nitrogen and oxygen atoms in total. The van der Waals surface area contributed by atoms with Crippen molar-refractivity contribution in [2.24, 2.45) is 0 Å². The van der Waals surface area contributed by atoms with Crippen LogP contribution < -0.4 is 19.7 Å². The van der Waals surface area contributed by atoms with Crippen LogP contribution in [0.5, 0.6) is 11.5 Å². The summed E-state index contributed by atoms with van der Waals surface area (Å²) >= 11 is 0. The van der Waals surface area contributed by atoms with Crippen molar-refractivity contribution in [3.8, 4) is 11.5 Å². The number of nitrogens with one attached hydrogen (secondary N) is 1. The van der Waals surface area contributed by atoms with Crippen LogP contribution in [0.2, 0.25) is 0 Å². The topological polar surface area (TPSA) is 67.9 Å². The maximum absolute atomic E-state index is 13.6. The predicted molar refractivity (Wildman–Crippen MR) is 115 cm³/mol. The van der Waals surface area contributed by atoms with Crippen LogP contribution in [0.15, 0.2) is 48.5 Å². The molecule has 0 aliphatic carbocycles. The number of hydrogen-bond acceptors (Lipinski definition) is 4. The molecule has 2 amide bonds. The molecule has 0 radical (unpaired) electrons. The highest BCUT2D eigenvalue weighted by Gasteiger charge is 2.42. The first-order valence-electron chi connectivity index (χ1n) is 10.7. The second-order valence-electron chi connectivity index (χ2n) is 7.91. The van der Waals surface area contributed by atoms with Gasteiger partial charge in [-0.3, -0.25) is 9.59 Å². The van der Waals surface area contributed by atoms with E-state index in [9.17, 15) is 9.59 Å². The predicted octanol–water partition coefficient (Wildman–Crippen LogP) is 3.65. The fourth-order valence-corrected chi connectivity index (χ4v) is 4.15. The maximum atomic E-state index is 13.6. The highest BCUT2D eigenvalue weighted by atomic mass is 16.5. The van der Waals surface area contributed by atoms with Gasteiger partial charge in [-0.1, -0.05) is 51.1 Å². The van der Waals surface area contributed by atoms with Crippen molar-refractivity contribution in [2.75, 3.05) is 11.4 Å². The van der Waals surface area contributed by atoms with Gasteiger partial charge in [0.15, 0.2) is 12.2 Å². The second kappa shape index (κ2) is 8.38. The number of rotatable bonds is 5. The van der Waals surface area contributed by atoms with Crippen molar-refractivity contribution in [3.05, 3.63) is 54.1 Å². The zero-order valence-corrected chi connectivity index (χ0v) is 17.6. The molecule has 0 bridgehead atoms. The summed E-state index contributed by atoms with van der Waals surface area (Å²) in [6, 6.07) is 15.2. The van der Waals surface area contributed by atoms with E-state index in [2.05, 4.69) is 5.32 Å². The molecule has 3 atom stereocenters. The second-order valence-corrected chi connectivity index (χ2v) is 7.91. The first kappa shape index (κ1) is 20.3. The van der Waals surface area contributed by atoms with E-state index in [1.165, 1.54) is 0 Å². The maximum Gasteiger partial charge on any atom is 0.268 e. The van der Waals surface area contributed by atoms with Gasteiger partial charge in [0.05, 0.1) is 12.2 Å². The summed E-state index contributed by atoms with van der Waals surface area (Å²) in [5.74, 6) is 0.855. The number of para-hydroxylation sites is 3. The van der Waals surface area contributed by atoms with Gasteiger partial charge in [0, 0.05) is 17.5 Å². The third-order valence-corrected chi connectivity index (χ3v) is 6.03. The van der Waals surface area contributed by atoms with Gasteiger partial charge >= 0.3 is 0 Å². The first-order chi connectivity index (χ1) is 14.5. The lowest BCUT2D eigenvalue weighted by Crippen LogP contribution is -2.54. The van der Waals surface area contributed by atoms with Gasteiger partial charge in [0.1, 0.15) is 11.5 Å². The largest absolute Gasteiger partial charge is 0.480 e. The molecule has 158 valence electrons. The van der Waals surface area contributed by atoms with E-state index >= 15 is 0 Å². The lowest BCUT2D eigenvalue weighted by Gasteiger charge is -2.36. The molecule has 1 N–H and O–H groups in total. The highest BCUT2D eigenvalue weighted by molar-refractivity contribution is 6.01. The number of benzene rings is 2. The third-order valence-electron chi connectivity index (χ3n) is 6.03. The quantitative estimate of drug-likeness (QED) is 0.820. The molecule has 2 aromatic rings. The van der Waals surface area contributed by atoms with E-state index in [1.54, 1.807) is 11.0 Å². The smallest absolute Gasteiger partial charge is 0.268 e. The summed E-state index contributed by atoms with van der Waals surface area (Å²) in [5.41, 5.74) is 1.70. The Hall–Kier alpha value is -3.02. The van der Waals surface area contributed by atoms with Crippen molar-refractivity contribution in [3.63, 3.8) is 0 Å². The molecule has 0 aromatic heterocycles. The van der Waals surface area contributed by atoms with E-state index in [0.29, 0.717) is 11.4 Å². The van der Waals surface area contributed by atoms with Crippen LogP contribution in [-0.4, -0.2) is 36.6 Å². The Bertz CT molecular complexity index is 940. The van der Waals surface area contributed by atoms with Gasteiger partial charge in [-0.25, -0.2) is 0 Å². The monoisotopic (exact) mass is 408 g/mol. The Kier molecular flexibility index (Phi) is 5.66. The van der Waals surface area contributed by atoms with Crippen molar-refractivity contribution >= 4 is 17.5 Å². The van der Waals surface area contributed by atoms with Crippen molar-refractivity contribution < 1.29 is 19.1 Å². The first-order valence-corrected chi connectivity index (χ1v) is 10.7. The molecule has 2 heterocycles. The van der Waals surface area contributed by atoms with Gasteiger partial charge in [-0.2, -0.15) is 0 Å². The number of hydrogen-bond donors (Lipinski definition) is 1. The lowest BCUT2D eigenvalue weighted by molar-refractivity contribution is -0.130. The zero-order valence-electron chi connectivity index (χ0n) is 17.6. The summed E-state index contributed by atoms with van der Waals surface area (Å²) < 4.78 is 12.0. The Morgan fingerprint density at radius 2 is 1.70 bits per heavy atom. The van der Waals surface area contributed by atoms with Crippen molar-refractivity contribution in [1.82, 2.24) is 5.32 Å². The summed E-state index contributed by atoms with van der Waals surface area (Å²) in [6.07, 6.45) is 0.305. The van der Waals surface area contributed by atoms with E-state index < -0.39 is 12.2 Å². The number of nitrogens with zero attached hydrogens (tertiary/aromatic N) is 1. The van der Waals surface area contributed by atoms with Crippen LogP contribution >= 0.6 is 0 Å². The number of anilines is 1. The molecule has 0 saturated carbocycles. The minimum absolute atomic E-state index is 0.0689. The number of fused-ring (bicyclic) bond motifs is 2. The summed E-state index contributed by atoms with van der Waals surface area (Å²) in [7, 11) is 0. The fraction of sp³-hybridized carbons (Fsp3) is 0.417. The number of amides is 2. The van der Waals surface area contributed by atoms with E-state index in [1.807, 2.05) is 63.2 Å². The molecule has 2 aliphatic rings. The molecule has 0 fully saturated rings. The van der Waals surface area contributed by atoms with Crippen LogP contribution in [0, 0.1) is 0 Å². The molecular formula is C24H28N2O4. The Balaban J connectivity index is 1.59. The standard InChI is InChI=1S/C24H28N2O4/c1-4-16(5-2)25-23(27)21-14-26(18-11-7-9-13-20(18)29-21)24(28)22-15(3)17-10-6-8-12-19(17)30-22/h6-13,15-16,21-22H,4-5,14H2,1-3H3,(H,25,27). The number of carbonyl (C=O) groups is 2. The molecule has 3 unspecified atom stereocenters. The Morgan fingerprint density at radius 1 is 1.03 bits per heavy atom. The summed E-state index contributed by atoms with van der Waals surface area (Å²) in [6.45, 7) is 6.23. The lowest BCUT2D eigenvalue weighted by atomic mass is 9.96. The van der Waals surface area contributed by atoms with E-state index in [0.717, 1.165) is 24.2 Å². The van der Waals surface area contributed by atoms with Gasteiger partial charge in [0.25, 0.3) is 11.8 Å². The highest BCUT2D eigenvalue weighted by Crippen LogP contribution is 2.40. The van der Waals surface area contributed by atoms with Gasteiger partial charge in [-0.15, -0.1) is 0 Å². The van der Waals surface area contributed by atoms with Crippen molar-refractivity contribution in [1.29, 1.82) is 0 Å². The molecule has 4 rings (SSSR count). The van der Waals surface area contributed by atoms with Gasteiger partial charge in [0.2, 0.25) is 0 Å². The van der Waals surface area contributed by atoms with E-state index in [-0.39, 0.29) is 30.3 Å².